The topological polar surface area (TPSA) is 49.1 Å². The number of likely N-dealkylation sites (N-methyl/N-ethyl adjacent to an activating group) is 1. The van der Waals surface area contributed by atoms with E-state index in [4.69, 9.17) is 10.00 Å². The molecule has 0 bridgehead atoms. The van der Waals surface area contributed by atoms with Crippen molar-refractivity contribution in [3.63, 3.8) is 0 Å². The highest BCUT2D eigenvalue weighted by Crippen LogP contribution is 2.15. The molecular formula is C15H14FN3O. The van der Waals surface area contributed by atoms with Crippen molar-refractivity contribution >= 4 is 5.82 Å². The molecule has 1 heterocycles. The highest BCUT2D eigenvalue weighted by molar-refractivity contribution is 5.44. The molecule has 4 nitrogen and oxygen atoms in total. The normalized spacial score (nSPS) is 9.85. The maximum Gasteiger partial charge on any atom is 0.165 e. The molecule has 0 spiro atoms. The van der Waals surface area contributed by atoms with E-state index in [0.29, 0.717) is 24.5 Å². The van der Waals surface area contributed by atoms with Crippen LogP contribution in [0.1, 0.15) is 5.56 Å². The lowest BCUT2D eigenvalue weighted by atomic mass is 10.3. The molecule has 0 aliphatic rings. The second kappa shape index (κ2) is 6.53. The minimum Gasteiger partial charge on any atom is -0.489 e. The molecule has 1 aromatic carbocycles. The van der Waals surface area contributed by atoms with Gasteiger partial charge in [0.1, 0.15) is 12.4 Å². The Hall–Kier alpha value is -2.61. The number of pyridine rings is 1. The van der Waals surface area contributed by atoms with Gasteiger partial charge >= 0.3 is 0 Å². The van der Waals surface area contributed by atoms with Crippen LogP contribution in [0.5, 0.6) is 5.75 Å². The Balaban J connectivity index is 1.91. The predicted molar refractivity (Wildman–Crippen MR) is 74.1 cm³/mol. The smallest absolute Gasteiger partial charge is 0.165 e. The zero-order valence-corrected chi connectivity index (χ0v) is 11.1. The van der Waals surface area contributed by atoms with Crippen LogP contribution in [-0.4, -0.2) is 25.2 Å². The van der Waals surface area contributed by atoms with E-state index in [0.717, 1.165) is 0 Å². The molecular weight excluding hydrogens is 257 g/mol. The fraction of sp³-hybridized carbons (Fsp3) is 0.200. The summed E-state index contributed by atoms with van der Waals surface area (Å²) in [6.07, 6.45) is 1.59. The maximum atomic E-state index is 13.3. The molecule has 0 unspecified atom stereocenters. The summed E-state index contributed by atoms with van der Waals surface area (Å²) < 4.78 is 18.7. The van der Waals surface area contributed by atoms with Gasteiger partial charge < -0.3 is 9.64 Å². The first-order valence-corrected chi connectivity index (χ1v) is 6.15. The number of benzene rings is 1. The highest BCUT2D eigenvalue weighted by Gasteiger charge is 2.05. The van der Waals surface area contributed by atoms with Gasteiger partial charge in [0.05, 0.1) is 18.2 Å². The third kappa shape index (κ3) is 3.45. The minimum atomic E-state index is -0.375. The Morgan fingerprint density at radius 1 is 1.35 bits per heavy atom. The van der Waals surface area contributed by atoms with Gasteiger partial charge in [-0.25, -0.2) is 9.37 Å². The number of nitrogens with zero attached hydrogens (tertiary/aromatic N) is 3. The third-order valence-corrected chi connectivity index (χ3v) is 2.79. The summed E-state index contributed by atoms with van der Waals surface area (Å²) in [6.45, 7) is 0.867. The molecule has 2 aromatic rings. The first-order chi connectivity index (χ1) is 9.70. The number of halogens is 1. The highest BCUT2D eigenvalue weighted by atomic mass is 19.1. The Bertz CT molecular complexity index is 625. The van der Waals surface area contributed by atoms with E-state index in [9.17, 15) is 4.39 Å². The summed E-state index contributed by atoms with van der Waals surface area (Å²) in [7, 11) is 1.84. The molecule has 0 saturated carbocycles. The number of hydrogen-bond donors (Lipinski definition) is 0. The van der Waals surface area contributed by atoms with E-state index in [1.165, 1.54) is 6.07 Å². The van der Waals surface area contributed by atoms with Crippen LogP contribution in [0.15, 0.2) is 42.6 Å². The van der Waals surface area contributed by atoms with Crippen molar-refractivity contribution < 1.29 is 9.13 Å². The SMILES string of the molecule is CN(CCOc1ccccc1F)c1cc(C#N)ccn1. The van der Waals surface area contributed by atoms with E-state index >= 15 is 0 Å². The van der Waals surface area contributed by atoms with Gasteiger partial charge in [0.15, 0.2) is 11.6 Å². The number of aromatic nitrogens is 1. The van der Waals surface area contributed by atoms with Gasteiger partial charge in [0.25, 0.3) is 0 Å². The van der Waals surface area contributed by atoms with Crippen LogP contribution >= 0.6 is 0 Å². The van der Waals surface area contributed by atoms with Gasteiger partial charge in [0, 0.05) is 13.2 Å². The lowest BCUT2D eigenvalue weighted by Crippen LogP contribution is -2.24. The van der Waals surface area contributed by atoms with Crippen LogP contribution in [0.3, 0.4) is 0 Å². The number of hydrogen-bond acceptors (Lipinski definition) is 4. The van der Waals surface area contributed by atoms with Crippen LogP contribution in [0, 0.1) is 17.1 Å². The van der Waals surface area contributed by atoms with Crippen LogP contribution in [-0.2, 0) is 0 Å². The second-order valence-electron chi connectivity index (χ2n) is 4.21. The van der Waals surface area contributed by atoms with Crippen LogP contribution in [0.2, 0.25) is 0 Å². The lowest BCUT2D eigenvalue weighted by molar-refractivity contribution is 0.309. The van der Waals surface area contributed by atoms with E-state index in [-0.39, 0.29) is 11.6 Å². The summed E-state index contributed by atoms with van der Waals surface area (Å²) in [4.78, 5) is 6.02. The minimum absolute atomic E-state index is 0.236. The summed E-state index contributed by atoms with van der Waals surface area (Å²) in [5.74, 6) is 0.542. The van der Waals surface area contributed by atoms with Crippen molar-refractivity contribution in [3.05, 3.63) is 54.0 Å². The first-order valence-electron chi connectivity index (χ1n) is 6.15. The largest absolute Gasteiger partial charge is 0.489 e. The van der Waals surface area contributed by atoms with Crippen molar-refractivity contribution in [2.75, 3.05) is 25.1 Å². The Morgan fingerprint density at radius 3 is 2.90 bits per heavy atom. The molecule has 5 heteroatoms. The number of rotatable bonds is 5. The number of anilines is 1. The standard InChI is InChI=1S/C15H14FN3O/c1-19(15-10-12(11-17)6-7-18-15)8-9-20-14-5-3-2-4-13(14)16/h2-7,10H,8-9H2,1H3. The van der Waals surface area contributed by atoms with E-state index in [1.807, 2.05) is 11.9 Å². The Morgan fingerprint density at radius 2 is 2.15 bits per heavy atom. The monoisotopic (exact) mass is 271 g/mol. The molecule has 0 aliphatic heterocycles. The Labute approximate surface area is 117 Å². The van der Waals surface area contributed by atoms with Gasteiger partial charge in [-0.3, -0.25) is 0 Å². The molecule has 0 saturated heterocycles. The van der Waals surface area contributed by atoms with E-state index < -0.39 is 0 Å². The predicted octanol–water partition coefficient (Wildman–Crippen LogP) is 2.61. The van der Waals surface area contributed by atoms with Crippen molar-refractivity contribution in [2.24, 2.45) is 0 Å². The summed E-state index contributed by atoms with van der Waals surface area (Å²) in [5, 5.41) is 8.84. The van der Waals surface area contributed by atoms with Crippen LogP contribution < -0.4 is 9.64 Å². The quantitative estimate of drug-likeness (QED) is 0.838. The average molecular weight is 271 g/mol. The summed E-state index contributed by atoms with van der Waals surface area (Å²) >= 11 is 0. The van der Waals surface area contributed by atoms with Gasteiger partial charge in [-0.2, -0.15) is 5.26 Å². The molecule has 102 valence electrons. The molecule has 1 aromatic heterocycles. The van der Waals surface area contributed by atoms with Crippen molar-refractivity contribution in [2.45, 2.75) is 0 Å². The van der Waals surface area contributed by atoms with Crippen molar-refractivity contribution in [1.82, 2.24) is 4.98 Å². The van der Waals surface area contributed by atoms with Gasteiger partial charge in [-0.1, -0.05) is 12.1 Å². The molecule has 0 radical (unpaired) electrons. The second-order valence-corrected chi connectivity index (χ2v) is 4.21. The zero-order chi connectivity index (χ0) is 14.4. The number of nitriles is 1. The van der Waals surface area contributed by atoms with Gasteiger partial charge in [-0.15, -0.1) is 0 Å². The van der Waals surface area contributed by atoms with E-state index in [1.54, 1.807) is 36.5 Å². The van der Waals surface area contributed by atoms with Crippen LogP contribution in [0.25, 0.3) is 0 Å². The molecule has 20 heavy (non-hydrogen) atoms. The average Bonchev–Trinajstić information content (AvgIpc) is 2.49. The maximum absolute atomic E-state index is 13.3. The molecule has 0 fully saturated rings. The van der Waals surface area contributed by atoms with E-state index in [2.05, 4.69) is 11.1 Å². The van der Waals surface area contributed by atoms with Crippen molar-refractivity contribution in [1.29, 1.82) is 5.26 Å². The number of ether oxygens (including phenoxy) is 1. The molecule has 2 rings (SSSR count). The van der Waals surface area contributed by atoms with Gasteiger partial charge in [-0.05, 0) is 24.3 Å². The first kappa shape index (κ1) is 13.8. The summed E-state index contributed by atoms with van der Waals surface area (Å²) in [5.41, 5.74) is 0.553. The fourth-order valence-electron chi connectivity index (χ4n) is 1.67. The molecule has 0 atom stereocenters. The van der Waals surface area contributed by atoms with Crippen molar-refractivity contribution in [3.8, 4) is 11.8 Å². The third-order valence-electron chi connectivity index (χ3n) is 2.79. The molecule has 0 amide bonds. The molecule has 0 aliphatic carbocycles. The molecule has 0 N–H and O–H groups in total. The van der Waals surface area contributed by atoms with Crippen LogP contribution in [0.4, 0.5) is 10.2 Å². The van der Waals surface area contributed by atoms with Gasteiger partial charge in [0.2, 0.25) is 0 Å². The fourth-order valence-corrected chi connectivity index (χ4v) is 1.67. The number of para-hydroxylation sites is 1. The Kier molecular flexibility index (Phi) is 4.51. The lowest BCUT2D eigenvalue weighted by Gasteiger charge is -2.18. The summed E-state index contributed by atoms with van der Waals surface area (Å²) in [6, 6.07) is 11.7. The zero-order valence-electron chi connectivity index (χ0n) is 11.1.